The maximum atomic E-state index is 13.6. The van der Waals surface area contributed by atoms with E-state index in [-0.39, 0.29) is 10.5 Å². The predicted molar refractivity (Wildman–Crippen MR) is 73.7 cm³/mol. The Balaban J connectivity index is 2.12. The highest BCUT2D eigenvalue weighted by molar-refractivity contribution is 8.13. The number of hydrogen-bond donors (Lipinski definition) is 1. The number of carbonyl (C=O) groups is 1. The van der Waals surface area contributed by atoms with Crippen molar-refractivity contribution in [2.75, 3.05) is 6.54 Å². The van der Waals surface area contributed by atoms with Gasteiger partial charge >= 0.3 is 0 Å². The van der Waals surface area contributed by atoms with Crippen LogP contribution in [-0.2, 0) is 9.05 Å². The Kier molecular flexibility index (Phi) is 4.34. The largest absolute Gasteiger partial charge is 0.352 e. The van der Waals surface area contributed by atoms with Crippen molar-refractivity contribution < 1.29 is 17.6 Å². The van der Waals surface area contributed by atoms with Crippen LogP contribution in [0.5, 0.6) is 0 Å². The third-order valence-corrected chi connectivity index (χ3v) is 4.83. The lowest BCUT2D eigenvalue weighted by molar-refractivity contribution is 0.0942. The predicted octanol–water partition coefficient (Wildman–Crippen LogP) is 2.53. The van der Waals surface area contributed by atoms with Crippen LogP contribution in [0.4, 0.5) is 4.39 Å². The third-order valence-electron chi connectivity index (χ3n) is 3.48. The molecule has 0 aliphatic heterocycles. The highest BCUT2D eigenvalue weighted by atomic mass is 35.7. The third kappa shape index (κ3) is 3.70. The van der Waals surface area contributed by atoms with E-state index < -0.39 is 20.8 Å². The van der Waals surface area contributed by atoms with Crippen LogP contribution in [0.15, 0.2) is 23.1 Å². The lowest BCUT2D eigenvalue weighted by Gasteiger charge is -2.12. The first kappa shape index (κ1) is 15.3. The Morgan fingerprint density at radius 1 is 1.50 bits per heavy atom. The van der Waals surface area contributed by atoms with Crippen LogP contribution in [0.25, 0.3) is 0 Å². The SMILES string of the molecule is CC(CNC(=O)c1cc(S(=O)(=O)Cl)ccc1F)C1CC1. The Hall–Kier alpha value is -1.14. The molecule has 0 bridgehead atoms. The summed E-state index contributed by atoms with van der Waals surface area (Å²) in [6.07, 6.45) is 2.32. The summed E-state index contributed by atoms with van der Waals surface area (Å²) < 4.78 is 36.0. The first-order valence-electron chi connectivity index (χ1n) is 6.31. The fourth-order valence-electron chi connectivity index (χ4n) is 2.01. The van der Waals surface area contributed by atoms with Gasteiger partial charge in [-0.15, -0.1) is 0 Å². The molecule has 1 unspecified atom stereocenters. The molecule has 0 spiro atoms. The van der Waals surface area contributed by atoms with Gasteiger partial charge in [0.15, 0.2) is 0 Å². The van der Waals surface area contributed by atoms with Crippen LogP contribution >= 0.6 is 10.7 Å². The van der Waals surface area contributed by atoms with Crippen LogP contribution in [-0.4, -0.2) is 20.9 Å². The fraction of sp³-hybridized carbons (Fsp3) is 0.462. The van der Waals surface area contributed by atoms with Crippen LogP contribution in [0.3, 0.4) is 0 Å². The van der Waals surface area contributed by atoms with E-state index in [2.05, 4.69) is 5.32 Å². The number of benzene rings is 1. The zero-order chi connectivity index (χ0) is 14.9. The molecule has 1 aromatic rings. The first-order chi connectivity index (χ1) is 9.29. The number of amides is 1. The van der Waals surface area contributed by atoms with E-state index in [1.165, 1.54) is 0 Å². The summed E-state index contributed by atoms with van der Waals surface area (Å²) in [4.78, 5) is 11.6. The van der Waals surface area contributed by atoms with Crippen LogP contribution in [0, 0.1) is 17.7 Å². The number of hydrogen-bond acceptors (Lipinski definition) is 3. The van der Waals surface area contributed by atoms with Gasteiger partial charge in [-0.3, -0.25) is 4.79 Å². The average Bonchev–Trinajstić information content (AvgIpc) is 3.18. The summed E-state index contributed by atoms with van der Waals surface area (Å²) in [7, 11) is 1.20. The first-order valence-corrected chi connectivity index (χ1v) is 8.62. The van der Waals surface area contributed by atoms with Crippen LogP contribution < -0.4 is 5.32 Å². The smallest absolute Gasteiger partial charge is 0.261 e. The molecule has 4 nitrogen and oxygen atoms in total. The maximum Gasteiger partial charge on any atom is 0.261 e. The van der Waals surface area contributed by atoms with Crippen molar-refractivity contribution in [2.24, 2.45) is 11.8 Å². The summed E-state index contributed by atoms with van der Waals surface area (Å²) >= 11 is 0. The molecule has 1 aliphatic rings. The second-order valence-electron chi connectivity index (χ2n) is 5.10. The lowest BCUT2D eigenvalue weighted by atomic mass is 10.1. The molecule has 110 valence electrons. The normalized spacial score (nSPS) is 16.8. The zero-order valence-electron chi connectivity index (χ0n) is 10.9. The van der Waals surface area contributed by atoms with Gasteiger partial charge in [-0.25, -0.2) is 12.8 Å². The minimum Gasteiger partial charge on any atom is -0.352 e. The molecule has 1 saturated carbocycles. The van der Waals surface area contributed by atoms with E-state index in [4.69, 9.17) is 10.7 Å². The number of rotatable bonds is 5. The van der Waals surface area contributed by atoms with Crippen molar-refractivity contribution in [3.05, 3.63) is 29.6 Å². The van der Waals surface area contributed by atoms with E-state index in [1.54, 1.807) is 0 Å². The molecule has 0 radical (unpaired) electrons. The number of halogens is 2. The lowest BCUT2D eigenvalue weighted by Crippen LogP contribution is -2.29. The van der Waals surface area contributed by atoms with Crippen molar-refractivity contribution in [1.29, 1.82) is 0 Å². The van der Waals surface area contributed by atoms with Gasteiger partial charge in [0.05, 0.1) is 10.5 Å². The van der Waals surface area contributed by atoms with Crippen LogP contribution in [0.2, 0.25) is 0 Å². The second-order valence-corrected chi connectivity index (χ2v) is 7.67. The molecule has 7 heteroatoms. The topological polar surface area (TPSA) is 63.2 Å². The Bertz CT molecular complexity index is 629. The molecule has 0 aromatic heterocycles. The van der Waals surface area contributed by atoms with Crippen LogP contribution in [0.1, 0.15) is 30.1 Å². The Morgan fingerprint density at radius 2 is 2.15 bits per heavy atom. The number of nitrogens with one attached hydrogen (secondary N) is 1. The molecule has 0 heterocycles. The molecular formula is C13H15ClFNO3S. The molecule has 1 atom stereocenters. The Labute approximate surface area is 121 Å². The van der Waals surface area contributed by atoms with Crippen molar-refractivity contribution in [3.8, 4) is 0 Å². The number of carbonyl (C=O) groups excluding carboxylic acids is 1. The van der Waals surface area contributed by atoms with Gasteiger partial charge in [0, 0.05) is 17.2 Å². The molecule has 1 fully saturated rings. The minimum atomic E-state index is -3.98. The van der Waals surface area contributed by atoms with Crippen molar-refractivity contribution >= 4 is 25.6 Å². The minimum absolute atomic E-state index is 0.291. The second kappa shape index (κ2) is 5.69. The standard InChI is InChI=1S/C13H15ClFNO3S/c1-8(9-2-3-9)7-16-13(17)11-6-10(20(14,18)19)4-5-12(11)15/h4-6,8-9H,2-3,7H2,1H3,(H,16,17). The maximum absolute atomic E-state index is 13.6. The molecular weight excluding hydrogens is 305 g/mol. The van der Waals surface area contributed by atoms with Crippen molar-refractivity contribution in [2.45, 2.75) is 24.7 Å². The summed E-state index contributed by atoms with van der Waals surface area (Å²) in [6.45, 7) is 2.47. The fourth-order valence-corrected chi connectivity index (χ4v) is 2.79. The molecule has 0 saturated heterocycles. The van der Waals surface area contributed by atoms with Gasteiger partial charge in [-0.05, 0) is 42.9 Å². The van der Waals surface area contributed by atoms with E-state index in [9.17, 15) is 17.6 Å². The summed E-state index contributed by atoms with van der Waals surface area (Å²) in [5.74, 6) is -0.445. The molecule has 1 aromatic carbocycles. The molecule has 20 heavy (non-hydrogen) atoms. The van der Waals surface area contributed by atoms with Crippen molar-refractivity contribution in [1.82, 2.24) is 5.32 Å². The molecule has 1 amide bonds. The summed E-state index contributed by atoms with van der Waals surface area (Å²) in [6, 6.07) is 2.91. The summed E-state index contributed by atoms with van der Waals surface area (Å²) in [5.41, 5.74) is -0.310. The van der Waals surface area contributed by atoms with E-state index in [1.807, 2.05) is 6.92 Å². The van der Waals surface area contributed by atoms with Crippen molar-refractivity contribution in [3.63, 3.8) is 0 Å². The Morgan fingerprint density at radius 3 is 2.70 bits per heavy atom. The van der Waals surface area contributed by atoms with Gasteiger partial charge in [0.1, 0.15) is 5.82 Å². The van der Waals surface area contributed by atoms with Gasteiger partial charge < -0.3 is 5.32 Å². The van der Waals surface area contributed by atoms with Gasteiger partial charge in [-0.1, -0.05) is 6.92 Å². The quantitative estimate of drug-likeness (QED) is 0.848. The highest BCUT2D eigenvalue weighted by Gasteiger charge is 2.28. The molecule has 2 rings (SSSR count). The molecule has 1 N–H and O–H groups in total. The molecule has 1 aliphatic carbocycles. The zero-order valence-corrected chi connectivity index (χ0v) is 12.5. The monoisotopic (exact) mass is 319 g/mol. The summed E-state index contributed by atoms with van der Waals surface area (Å²) in [5, 5.41) is 2.62. The van der Waals surface area contributed by atoms with Gasteiger partial charge in [0.2, 0.25) is 0 Å². The van der Waals surface area contributed by atoms with E-state index in [0.29, 0.717) is 18.4 Å². The van der Waals surface area contributed by atoms with E-state index >= 15 is 0 Å². The average molecular weight is 320 g/mol. The van der Waals surface area contributed by atoms with Gasteiger partial charge in [-0.2, -0.15) is 0 Å². The van der Waals surface area contributed by atoms with Gasteiger partial charge in [0.25, 0.3) is 15.0 Å². The highest BCUT2D eigenvalue weighted by Crippen LogP contribution is 2.36. The van der Waals surface area contributed by atoms with E-state index in [0.717, 1.165) is 31.0 Å².